The zero-order valence-corrected chi connectivity index (χ0v) is 18.6. The normalized spacial score (nSPS) is 46.6. The van der Waals surface area contributed by atoms with Crippen molar-refractivity contribution in [3.8, 4) is 5.75 Å². The fourth-order valence-electron chi connectivity index (χ4n) is 8.27. The van der Waals surface area contributed by atoms with Gasteiger partial charge in [-0.25, -0.2) is 0 Å². The SMILES string of the molecule is CC1CC2N(C)C(=O)CC(Oc3ccccc3)[C@]2(C)[C@@H]2CC[C@]3(C)CCC[C@H]3[C@H]12. The molecule has 3 heteroatoms. The zero-order valence-electron chi connectivity index (χ0n) is 18.6. The molecule has 8 atom stereocenters. The Morgan fingerprint density at radius 3 is 2.59 bits per heavy atom. The Morgan fingerprint density at radius 1 is 1.07 bits per heavy atom. The molecule has 0 bridgehead atoms. The van der Waals surface area contributed by atoms with E-state index in [-0.39, 0.29) is 17.4 Å². The molecule has 5 rings (SSSR count). The van der Waals surface area contributed by atoms with Crippen molar-refractivity contribution in [2.75, 3.05) is 7.05 Å². The lowest BCUT2D eigenvalue weighted by atomic mass is 9.44. The van der Waals surface area contributed by atoms with Gasteiger partial charge in [-0.05, 0) is 73.3 Å². The number of ether oxygens (including phenoxy) is 1. The summed E-state index contributed by atoms with van der Waals surface area (Å²) >= 11 is 0. The van der Waals surface area contributed by atoms with Crippen molar-refractivity contribution in [3.05, 3.63) is 30.3 Å². The first-order valence-electron chi connectivity index (χ1n) is 11.8. The van der Waals surface area contributed by atoms with Crippen molar-refractivity contribution in [1.82, 2.24) is 4.90 Å². The summed E-state index contributed by atoms with van der Waals surface area (Å²) in [5, 5.41) is 0. The summed E-state index contributed by atoms with van der Waals surface area (Å²) in [6, 6.07) is 10.5. The third-order valence-electron chi connectivity index (χ3n) is 9.82. The average Bonchev–Trinajstić information content (AvgIpc) is 3.10. The van der Waals surface area contributed by atoms with Gasteiger partial charge in [-0.1, -0.05) is 45.4 Å². The molecule has 4 aliphatic rings. The Labute approximate surface area is 176 Å². The Bertz CT molecular complexity index is 778. The van der Waals surface area contributed by atoms with Gasteiger partial charge in [-0.15, -0.1) is 0 Å². The van der Waals surface area contributed by atoms with Gasteiger partial charge >= 0.3 is 0 Å². The van der Waals surface area contributed by atoms with Crippen LogP contribution in [0.4, 0.5) is 0 Å². The van der Waals surface area contributed by atoms with Gasteiger partial charge in [0.25, 0.3) is 0 Å². The highest BCUT2D eigenvalue weighted by atomic mass is 16.5. The number of rotatable bonds is 2. The molecule has 3 saturated carbocycles. The number of likely N-dealkylation sites (tertiary alicyclic amines) is 1. The monoisotopic (exact) mass is 395 g/mol. The van der Waals surface area contributed by atoms with Gasteiger partial charge in [0.2, 0.25) is 5.91 Å². The fraction of sp³-hybridized carbons (Fsp3) is 0.731. The van der Waals surface area contributed by atoms with Crippen LogP contribution in [-0.2, 0) is 4.79 Å². The maximum atomic E-state index is 12.9. The first-order chi connectivity index (χ1) is 13.8. The highest BCUT2D eigenvalue weighted by molar-refractivity contribution is 5.78. The predicted molar refractivity (Wildman–Crippen MR) is 116 cm³/mol. The highest BCUT2D eigenvalue weighted by Gasteiger charge is 2.64. The van der Waals surface area contributed by atoms with Gasteiger partial charge < -0.3 is 9.64 Å². The number of fused-ring (bicyclic) bond motifs is 5. The minimum Gasteiger partial charge on any atom is -0.489 e. The lowest BCUT2D eigenvalue weighted by Crippen LogP contribution is -2.68. The molecule has 1 aromatic rings. The summed E-state index contributed by atoms with van der Waals surface area (Å²) < 4.78 is 6.62. The maximum Gasteiger partial charge on any atom is 0.226 e. The molecule has 1 saturated heterocycles. The van der Waals surface area contributed by atoms with Gasteiger partial charge in [0.15, 0.2) is 0 Å². The Hall–Kier alpha value is -1.51. The molecule has 1 aliphatic heterocycles. The number of nitrogens with zero attached hydrogens (tertiary/aromatic N) is 1. The van der Waals surface area contributed by atoms with E-state index < -0.39 is 0 Å². The molecule has 1 amide bonds. The molecule has 29 heavy (non-hydrogen) atoms. The number of benzene rings is 1. The minimum absolute atomic E-state index is 0.0237. The maximum absolute atomic E-state index is 12.9. The second kappa shape index (κ2) is 6.75. The zero-order chi connectivity index (χ0) is 20.4. The topological polar surface area (TPSA) is 29.5 Å². The predicted octanol–water partition coefficient (Wildman–Crippen LogP) is 5.54. The van der Waals surface area contributed by atoms with E-state index in [0.717, 1.165) is 24.0 Å². The van der Waals surface area contributed by atoms with Gasteiger partial charge in [0, 0.05) is 18.5 Å². The van der Waals surface area contributed by atoms with Crippen molar-refractivity contribution < 1.29 is 9.53 Å². The van der Waals surface area contributed by atoms with Crippen LogP contribution >= 0.6 is 0 Å². The molecule has 0 aromatic heterocycles. The van der Waals surface area contributed by atoms with Crippen molar-refractivity contribution in [2.45, 2.75) is 77.9 Å². The molecule has 3 unspecified atom stereocenters. The van der Waals surface area contributed by atoms with Gasteiger partial charge in [0.1, 0.15) is 11.9 Å². The fourth-order valence-corrected chi connectivity index (χ4v) is 8.27. The van der Waals surface area contributed by atoms with Gasteiger partial charge in [0.05, 0.1) is 6.42 Å². The Balaban J connectivity index is 1.54. The van der Waals surface area contributed by atoms with Crippen LogP contribution in [0.25, 0.3) is 0 Å². The lowest BCUT2D eigenvalue weighted by Gasteiger charge is -2.64. The summed E-state index contributed by atoms with van der Waals surface area (Å²) in [7, 11) is 2.04. The van der Waals surface area contributed by atoms with Gasteiger partial charge in [-0.2, -0.15) is 0 Å². The van der Waals surface area contributed by atoms with Crippen molar-refractivity contribution in [2.24, 2.45) is 34.5 Å². The van der Waals surface area contributed by atoms with E-state index in [2.05, 4.69) is 25.7 Å². The van der Waals surface area contributed by atoms with Crippen molar-refractivity contribution in [3.63, 3.8) is 0 Å². The summed E-state index contributed by atoms with van der Waals surface area (Å²) in [5.74, 6) is 4.13. The molecule has 0 radical (unpaired) electrons. The van der Waals surface area contributed by atoms with E-state index in [1.165, 1.54) is 32.1 Å². The number of carbonyl (C=O) groups excluding carboxylic acids is 1. The number of carbonyl (C=O) groups is 1. The van der Waals surface area contributed by atoms with E-state index in [1.807, 2.05) is 37.4 Å². The van der Waals surface area contributed by atoms with E-state index in [4.69, 9.17) is 4.74 Å². The van der Waals surface area contributed by atoms with Crippen LogP contribution in [-0.4, -0.2) is 30.0 Å². The largest absolute Gasteiger partial charge is 0.489 e. The second-order valence-electron chi connectivity index (χ2n) is 11.1. The van der Waals surface area contributed by atoms with Gasteiger partial charge in [-0.3, -0.25) is 4.79 Å². The number of para-hydroxylation sites is 1. The molecule has 0 N–H and O–H groups in total. The van der Waals surface area contributed by atoms with Crippen LogP contribution in [0.1, 0.15) is 65.7 Å². The third-order valence-corrected chi connectivity index (χ3v) is 9.82. The minimum atomic E-state index is -0.0237. The first kappa shape index (κ1) is 19.5. The van der Waals surface area contributed by atoms with Crippen LogP contribution in [0.2, 0.25) is 0 Å². The summed E-state index contributed by atoms with van der Waals surface area (Å²) in [5.41, 5.74) is 0.574. The number of amides is 1. The molecular formula is C26H37NO2. The van der Waals surface area contributed by atoms with Crippen LogP contribution in [0.15, 0.2) is 30.3 Å². The van der Waals surface area contributed by atoms with Crippen molar-refractivity contribution >= 4 is 5.91 Å². The molecule has 1 heterocycles. The Morgan fingerprint density at radius 2 is 1.83 bits per heavy atom. The van der Waals surface area contributed by atoms with E-state index >= 15 is 0 Å². The van der Waals surface area contributed by atoms with E-state index in [9.17, 15) is 4.79 Å². The quantitative estimate of drug-likeness (QED) is 0.658. The van der Waals surface area contributed by atoms with Crippen LogP contribution in [0.3, 0.4) is 0 Å². The van der Waals surface area contributed by atoms with Crippen LogP contribution in [0.5, 0.6) is 5.75 Å². The summed E-state index contributed by atoms with van der Waals surface area (Å²) in [6.07, 6.45) is 8.48. The van der Waals surface area contributed by atoms with E-state index in [0.29, 0.717) is 29.7 Å². The lowest BCUT2D eigenvalue weighted by molar-refractivity contribution is -0.189. The molecule has 3 nitrogen and oxygen atoms in total. The summed E-state index contributed by atoms with van der Waals surface area (Å²) in [4.78, 5) is 15.0. The van der Waals surface area contributed by atoms with Crippen LogP contribution in [0, 0.1) is 34.5 Å². The molecular weight excluding hydrogens is 358 g/mol. The highest BCUT2D eigenvalue weighted by Crippen LogP contribution is 2.66. The Kier molecular flexibility index (Phi) is 4.53. The standard InChI is InChI=1S/C26H37NO2/c1-17-15-21-26(3,20-12-14-25(2)13-8-11-19(25)24(17)20)22(16-23(28)27(21)4)29-18-9-6-5-7-10-18/h5-7,9-10,17,19-22,24H,8,11-16H2,1-4H3/t17?,19-,20+,21?,22?,24-,25-,26+/m0/s1. The molecule has 3 aliphatic carbocycles. The second-order valence-corrected chi connectivity index (χ2v) is 11.1. The van der Waals surface area contributed by atoms with Crippen LogP contribution < -0.4 is 4.74 Å². The van der Waals surface area contributed by atoms with Crippen molar-refractivity contribution in [1.29, 1.82) is 0 Å². The average molecular weight is 396 g/mol. The first-order valence-corrected chi connectivity index (χ1v) is 11.8. The third kappa shape index (κ3) is 2.79. The molecule has 0 spiro atoms. The number of piperidine rings is 1. The molecule has 1 aromatic carbocycles. The number of hydrogen-bond donors (Lipinski definition) is 0. The smallest absolute Gasteiger partial charge is 0.226 e. The number of hydrogen-bond acceptors (Lipinski definition) is 2. The molecule has 158 valence electrons. The summed E-state index contributed by atoms with van der Waals surface area (Å²) in [6.45, 7) is 7.51. The molecule has 4 fully saturated rings. The van der Waals surface area contributed by atoms with E-state index in [1.54, 1.807) is 0 Å².